The van der Waals surface area contributed by atoms with Crippen molar-refractivity contribution in [1.82, 2.24) is 20.1 Å². The highest BCUT2D eigenvalue weighted by Crippen LogP contribution is 2.34. The van der Waals surface area contributed by atoms with Crippen molar-refractivity contribution >= 4 is 40.0 Å². The van der Waals surface area contributed by atoms with Crippen molar-refractivity contribution in [3.63, 3.8) is 0 Å². The van der Waals surface area contributed by atoms with Crippen LogP contribution < -0.4 is 11.1 Å². The van der Waals surface area contributed by atoms with Crippen LogP contribution in [-0.4, -0.2) is 33.7 Å². The number of halogens is 1. The van der Waals surface area contributed by atoms with E-state index >= 15 is 0 Å². The molecule has 0 bridgehead atoms. The lowest BCUT2D eigenvalue weighted by molar-refractivity contribution is 0.314. The van der Waals surface area contributed by atoms with Crippen molar-refractivity contribution < 1.29 is 0 Å². The molecule has 0 spiro atoms. The molecule has 6 nitrogen and oxygen atoms in total. The topological polar surface area (TPSA) is 82.9 Å². The Labute approximate surface area is 138 Å². The van der Waals surface area contributed by atoms with Crippen molar-refractivity contribution in [2.24, 2.45) is 0 Å². The number of pyridine rings is 1. The molecule has 0 radical (unpaired) electrons. The van der Waals surface area contributed by atoms with Gasteiger partial charge in [-0.15, -0.1) is 0 Å². The Morgan fingerprint density at radius 1 is 1.26 bits per heavy atom. The molecule has 0 amide bonds. The zero-order chi connectivity index (χ0) is 16.0. The molecule has 0 saturated carbocycles. The predicted molar refractivity (Wildman–Crippen MR) is 93.1 cm³/mol. The van der Waals surface area contributed by atoms with Gasteiger partial charge in [0.05, 0.1) is 5.39 Å². The first kappa shape index (κ1) is 14.3. The summed E-state index contributed by atoms with van der Waals surface area (Å²) in [6.45, 7) is 1.83. The lowest BCUT2D eigenvalue weighted by Crippen LogP contribution is -2.27. The summed E-state index contributed by atoms with van der Waals surface area (Å²) in [6, 6.07) is 7.58. The second-order valence-corrected chi connectivity index (χ2v) is 6.31. The maximum absolute atomic E-state index is 6.05. The maximum atomic E-state index is 6.05. The van der Waals surface area contributed by atoms with Gasteiger partial charge in [-0.25, -0.2) is 4.98 Å². The first-order valence-electron chi connectivity index (χ1n) is 7.48. The van der Waals surface area contributed by atoms with Crippen molar-refractivity contribution in [1.29, 1.82) is 0 Å². The maximum Gasteiger partial charge on any atom is 0.185 e. The summed E-state index contributed by atoms with van der Waals surface area (Å²) in [5.74, 6) is 1.42. The molecule has 1 aromatic carbocycles. The fourth-order valence-corrected chi connectivity index (χ4v) is 3.19. The van der Waals surface area contributed by atoms with E-state index in [1.807, 2.05) is 24.3 Å². The summed E-state index contributed by atoms with van der Waals surface area (Å²) in [7, 11) is 2.11. The van der Waals surface area contributed by atoms with Crippen molar-refractivity contribution in [3.05, 3.63) is 40.4 Å². The van der Waals surface area contributed by atoms with Gasteiger partial charge in [0.25, 0.3) is 0 Å². The third kappa shape index (κ3) is 2.50. The lowest BCUT2D eigenvalue weighted by Gasteiger charge is -2.27. The van der Waals surface area contributed by atoms with Crippen molar-refractivity contribution in [3.8, 4) is 0 Å². The van der Waals surface area contributed by atoms with E-state index in [1.54, 1.807) is 0 Å². The molecular formula is C16H17ClN6. The highest BCUT2D eigenvalue weighted by Gasteiger charge is 2.23. The predicted octanol–water partition coefficient (Wildman–Crippen LogP) is 2.92. The van der Waals surface area contributed by atoms with Crippen LogP contribution in [0.1, 0.15) is 11.1 Å². The van der Waals surface area contributed by atoms with Gasteiger partial charge in [0.1, 0.15) is 11.6 Å². The normalized spacial score (nSPS) is 14.9. The number of nitrogens with one attached hydrogen (secondary N) is 2. The molecule has 0 fully saturated rings. The van der Waals surface area contributed by atoms with Crippen LogP contribution in [0.15, 0.2) is 24.3 Å². The van der Waals surface area contributed by atoms with Crippen LogP contribution in [0.25, 0.3) is 11.0 Å². The van der Waals surface area contributed by atoms with E-state index in [9.17, 15) is 0 Å². The van der Waals surface area contributed by atoms with Crippen LogP contribution in [0.2, 0.25) is 5.02 Å². The van der Waals surface area contributed by atoms with Gasteiger partial charge < -0.3 is 16.0 Å². The first-order chi connectivity index (χ1) is 11.1. The number of aromatic amines is 1. The molecular weight excluding hydrogens is 312 g/mol. The van der Waals surface area contributed by atoms with E-state index in [4.69, 9.17) is 17.3 Å². The Balaban J connectivity index is 1.85. The quantitative estimate of drug-likeness (QED) is 0.673. The third-order valence-electron chi connectivity index (χ3n) is 4.22. The van der Waals surface area contributed by atoms with Crippen LogP contribution in [0.5, 0.6) is 0 Å². The molecule has 0 unspecified atom stereocenters. The van der Waals surface area contributed by atoms with Gasteiger partial charge >= 0.3 is 0 Å². The van der Waals surface area contributed by atoms with Crippen LogP contribution in [0.3, 0.4) is 0 Å². The smallest absolute Gasteiger partial charge is 0.185 e. The molecule has 3 aromatic rings. The molecule has 0 aliphatic carbocycles. The minimum Gasteiger partial charge on any atom is -0.384 e. The fourth-order valence-electron chi connectivity index (χ4n) is 3.06. The largest absolute Gasteiger partial charge is 0.384 e. The number of likely N-dealkylation sites (N-methyl/N-ethyl adjacent to an activating group) is 1. The Kier molecular flexibility index (Phi) is 3.36. The second-order valence-electron chi connectivity index (χ2n) is 5.87. The molecule has 3 heterocycles. The van der Waals surface area contributed by atoms with E-state index in [1.165, 1.54) is 11.1 Å². The van der Waals surface area contributed by atoms with Gasteiger partial charge in [0.2, 0.25) is 0 Å². The van der Waals surface area contributed by atoms with Gasteiger partial charge in [-0.2, -0.15) is 5.10 Å². The Morgan fingerprint density at radius 2 is 2.04 bits per heavy atom. The summed E-state index contributed by atoms with van der Waals surface area (Å²) in [6.07, 6.45) is 0.934. The molecule has 118 valence electrons. The van der Waals surface area contributed by atoms with Crippen LogP contribution in [0, 0.1) is 0 Å². The number of aromatic nitrogens is 3. The van der Waals surface area contributed by atoms with E-state index in [0.29, 0.717) is 16.5 Å². The molecule has 0 atom stereocenters. The van der Waals surface area contributed by atoms with Crippen LogP contribution >= 0.6 is 11.6 Å². The molecule has 1 aliphatic heterocycles. The number of benzene rings is 1. The van der Waals surface area contributed by atoms with Crippen molar-refractivity contribution in [2.45, 2.75) is 13.0 Å². The average molecular weight is 329 g/mol. The minimum atomic E-state index is 0.589. The van der Waals surface area contributed by atoms with Gasteiger partial charge in [-0.3, -0.25) is 5.10 Å². The Bertz CT molecular complexity index is 870. The number of hydrogen-bond donors (Lipinski definition) is 3. The highest BCUT2D eigenvalue weighted by molar-refractivity contribution is 6.30. The third-order valence-corrected chi connectivity index (χ3v) is 4.48. The lowest BCUT2D eigenvalue weighted by atomic mass is 9.97. The molecule has 1 aliphatic rings. The first-order valence-corrected chi connectivity index (χ1v) is 7.86. The number of nitrogens with two attached hydrogens (primary N) is 1. The molecule has 4 rings (SSSR count). The zero-order valence-corrected chi connectivity index (χ0v) is 13.5. The minimum absolute atomic E-state index is 0.589. The molecule has 23 heavy (non-hydrogen) atoms. The Hall–Kier alpha value is -2.31. The SMILES string of the molecule is CN1CCc2c(c(Nc3ccc(Cl)cc3)nc3n[nH]c(N)c23)C1. The number of anilines is 3. The van der Waals surface area contributed by atoms with Crippen molar-refractivity contribution in [2.75, 3.05) is 24.6 Å². The Morgan fingerprint density at radius 3 is 2.83 bits per heavy atom. The van der Waals surface area contributed by atoms with Gasteiger partial charge in [0, 0.05) is 29.4 Å². The molecule has 4 N–H and O–H groups in total. The summed E-state index contributed by atoms with van der Waals surface area (Å²) < 4.78 is 0. The number of hydrogen-bond acceptors (Lipinski definition) is 5. The monoisotopic (exact) mass is 328 g/mol. The highest BCUT2D eigenvalue weighted by atomic mass is 35.5. The van der Waals surface area contributed by atoms with Gasteiger partial charge in [-0.05, 0) is 43.3 Å². The van der Waals surface area contributed by atoms with Crippen LogP contribution in [0.4, 0.5) is 17.3 Å². The number of rotatable bonds is 2. The van der Waals surface area contributed by atoms with E-state index in [-0.39, 0.29) is 0 Å². The fraction of sp³-hybridized carbons (Fsp3) is 0.250. The molecule has 7 heteroatoms. The number of H-pyrrole nitrogens is 1. The number of fused-ring (bicyclic) bond motifs is 3. The summed E-state index contributed by atoms with van der Waals surface area (Å²) in [5, 5.41) is 12.1. The van der Waals surface area contributed by atoms with E-state index < -0.39 is 0 Å². The summed E-state index contributed by atoms with van der Waals surface area (Å²) >= 11 is 5.95. The number of nitrogen functional groups attached to an aromatic ring is 1. The molecule has 0 saturated heterocycles. The standard InChI is InChI=1S/C16H17ClN6/c1-23-7-6-11-12(8-23)15(19-10-4-2-9(17)3-5-10)20-16-13(11)14(18)21-22-16/h2-5H,6-8H2,1H3,(H4,18,19,20,21,22). The van der Waals surface area contributed by atoms with E-state index in [2.05, 4.69) is 32.4 Å². The summed E-state index contributed by atoms with van der Waals surface area (Å²) in [5.41, 5.74) is 10.1. The van der Waals surface area contributed by atoms with Gasteiger partial charge in [0.15, 0.2) is 5.65 Å². The van der Waals surface area contributed by atoms with Gasteiger partial charge in [-0.1, -0.05) is 11.6 Å². The zero-order valence-electron chi connectivity index (χ0n) is 12.7. The molecule has 2 aromatic heterocycles. The van der Waals surface area contributed by atoms with Crippen LogP contribution in [-0.2, 0) is 13.0 Å². The van der Waals surface area contributed by atoms with E-state index in [0.717, 1.165) is 36.4 Å². The average Bonchev–Trinajstić information content (AvgIpc) is 2.91. The number of nitrogens with zero attached hydrogens (tertiary/aromatic N) is 3. The second kappa shape index (κ2) is 5.40. The summed E-state index contributed by atoms with van der Waals surface area (Å²) in [4.78, 5) is 6.95.